The normalized spacial score (nSPS) is 18.5. The summed E-state index contributed by atoms with van der Waals surface area (Å²) in [6.07, 6.45) is 1.51. The lowest BCUT2D eigenvalue weighted by molar-refractivity contribution is -0.125. The van der Waals surface area contributed by atoms with E-state index in [0.717, 1.165) is 22.5 Å². The molecule has 2 atom stereocenters. The highest BCUT2D eigenvalue weighted by Gasteiger charge is 2.37. The highest BCUT2D eigenvalue weighted by Crippen LogP contribution is 2.33. The number of nitrogens with one attached hydrogen (secondary N) is 2. The Hall–Kier alpha value is -3.68. The maximum absolute atomic E-state index is 12.7. The van der Waals surface area contributed by atoms with Gasteiger partial charge < -0.3 is 10.6 Å². The van der Waals surface area contributed by atoms with Crippen LogP contribution in [0.5, 0.6) is 0 Å². The Kier molecular flexibility index (Phi) is 6.44. The van der Waals surface area contributed by atoms with E-state index in [-0.39, 0.29) is 23.6 Å². The lowest BCUT2D eigenvalue weighted by atomic mass is 10.1. The zero-order valence-electron chi connectivity index (χ0n) is 18.8. The Balaban J connectivity index is 1.25. The van der Waals surface area contributed by atoms with Gasteiger partial charge in [0.2, 0.25) is 23.6 Å². The van der Waals surface area contributed by atoms with Gasteiger partial charge in [0.1, 0.15) is 12.1 Å². The van der Waals surface area contributed by atoms with Crippen LogP contribution in [-0.2, 0) is 32.0 Å². The third kappa shape index (κ3) is 4.46. The Bertz CT molecular complexity index is 1010. The summed E-state index contributed by atoms with van der Waals surface area (Å²) >= 11 is 0. The predicted molar refractivity (Wildman–Crippen MR) is 125 cm³/mol. The topological polar surface area (TPSA) is 98.8 Å². The molecule has 0 radical (unpaired) electrons. The molecule has 172 valence electrons. The number of anilines is 2. The van der Waals surface area contributed by atoms with Gasteiger partial charge in [-0.05, 0) is 29.7 Å². The van der Waals surface area contributed by atoms with Gasteiger partial charge in [-0.1, -0.05) is 36.4 Å². The lowest BCUT2D eigenvalue weighted by Crippen LogP contribution is -2.49. The number of hydrogen-bond donors (Lipinski definition) is 2. The van der Waals surface area contributed by atoms with E-state index in [2.05, 4.69) is 10.6 Å². The van der Waals surface area contributed by atoms with E-state index >= 15 is 0 Å². The molecular formula is C25H28N4O4. The van der Waals surface area contributed by atoms with E-state index in [9.17, 15) is 19.2 Å². The number of fused-ring (bicyclic) bond motifs is 2. The highest BCUT2D eigenvalue weighted by molar-refractivity contribution is 6.03. The van der Waals surface area contributed by atoms with Gasteiger partial charge in [-0.3, -0.25) is 29.0 Å². The number of carbonyl (C=O) groups excluding carboxylic acids is 4. The first-order valence-corrected chi connectivity index (χ1v) is 11.2. The molecule has 0 bridgehead atoms. The van der Waals surface area contributed by atoms with Crippen molar-refractivity contribution in [3.05, 3.63) is 59.7 Å². The maximum atomic E-state index is 12.7. The minimum Gasteiger partial charge on any atom is -0.354 e. The molecule has 0 aromatic heterocycles. The molecule has 0 aliphatic carbocycles. The van der Waals surface area contributed by atoms with Crippen LogP contribution in [0, 0.1) is 0 Å². The summed E-state index contributed by atoms with van der Waals surface area (Å²) in [6, 6.07) is 14.0. The second-order valence-corrected chi connectivity index (χ2v) is 8.41. The fourth-order valence-corrected chi connectivity index (χ4v) is 4.72. The molecule has 4 amide bonds. The van der Waals surface area contributed by atoms with Crippen molar-refractivity contribution < 1.29 is 19.2 Å². The zero-order chi connectivity index (χ0) is 23.5. The van der Waals surface area contributed by atoms with Gasteiger partial charge in [0, 0.05) is 51.2 Å². The number of nitrogens with zero attached hydrogens (tertiary/aromatic N) is 2. The average molecular weight is 449 g/mol. The first-order chi connectivity index (χ1) is 15.9. The van der Waals surface area contributed by atoms with E-state index in [1.165, 1.54) is 13.8 Å². The molecule has 0 unspecified atom stereocenters. The smallest absolute Gasteiger partial charge is 0.243 e. The van der Waals surface area contributed by atoms with Gasteiger partial charge in [-0.15, -0.1) is 0 Å². The van der Waals surface area contributed by atoms with Crippen LogP contribution in [0.3, 0.4) is 0 Å². The van der Waals surface area contributed by atoms with Crippen molar-refractivity contribution >= 4 is 35.0 Å². The van der Waals surface area contributed by atoms with Crippen LogP contribution in [0.2, 0.25) is 0 Å². The monoisotopic (exact) mass is 448 g/mol. The standard InChI is InChI=1S/C25H28N4O4/c1-16(30)28-20-10-5-3-8-18(20)14-22(28)24(32)26-12-7-13-27-25(33)23-15-19-9-4-6-11-21(19)29(23)17(2)31/h3-6,8-11,22-23H,7,12-15H2,1-2H3,(H,26,32)(H,27,33)/t22-,23-/m0/s1. The molecule has 4 rings (SSSR count). The minimum absolute atomic E-state index is 0.167. The molecule has 0 saturated carbocycles. The molecule has 33 heavy (non-hydrogen) atoms. The van der Waals surface area contributed by atoms with Gasteiger partial charge in [0.25, 0.3) is 0 Å². The minimum atomic E-state index is -0.560. The number of benzene rings is 2. The maximum Gasteiger partial charge on any atom is 0.243 e. The van der Waals surface area contributed by atoms with E-state index in [1.54, 1.807) is 9.80 Å². The van der Waals surface area contributed by atoms with Crippen LogP contribution in [0.1, 0.15) is 31.4 Å². The summed E-state index contributed by atoms with van der Waals surface area (Å²) in [5.41, 5.74) is 3.52. The van der Waals surface area contributed by atoms with Crippen molar-refractivity contribution in [3.63, 3.8) is 0 Å². The van der Waals surface area contributed by atoms with Gasteiger partial charge in [0.15, 0.2) is 0 Å². The van der Waals surface area contributed by atoms with Crippen LogP contribution < -0.4 is 20.4 Å². The first kappa shape index (κ1) is 22.5. The molecule has 2 aliphatic heterocycles. The van der Waals surface area contributed by atoms with Crippen molar-refractivity contribution in [2.45, 2.75) is 45.2 Å². The number of amides is 4. The summed E-state index contributed by atoms with van der Waals surface area (Å²) in [6.45, 7) is 3.67. The molecule has 8 nitrogen and oxygen atoms in total. The van der Waals surface area contributed by atoms with Gasteiger partial charge in [-0.25, -0.2) is 0 Å². The van der Waals surface area contributed by atoms with E-state index in [4.69, 9.17) is 0 Å². The number of rotatable bonds is 6. The molecule has 8 heteroatoms. The van der Waals surface area contributed by atoms with Crippen molar-refractivity contribution in [3.8, 4) is 0 Å². The summed E-state index contributed by atoms with van der Waals surface area (Å²) in [5, 5.41) is 5.76. The first-order valence-electron chi connectivity index (χ1n) is 11.2. The third-order valence-electron chi connectivity index (χ3n) is 6.19. The summed E-state index contributed by atoms with van der Waals surface area (Å²) in [7, 11) is 0. The van der Waals surface area contributed by atoms with Crippen LogP contribution >= 0.6 is 0 Å². The highest BCUT2D eigenvalue weighted by atomic mass is 16.2. The summed E-state index contributed by atoms with van der Waals surface area (Å²) in [5.74, 6) is -0.747. The van der Waals surface area contributed by atoms with E-state index in [0.29, 0.717) is 32.4 Å². The second kappa shape index (κ2) is 9.44. The number of hydrogen-bond acceptors (Lipinski definition) is 4. The average Bonchev–Trinajstić information content (AvgIpc) is 3.37. The number of para-hydroxylation sites is 2. The third-order valence-corrected chi connectivity index (χ3v) is 6.19. The lowest BCUT2D eigenvalue weighted by Gasteiger charge is -2.24. The van der Waals surface area contributed by atoms with Crippen LogP contribution in [0.25, 0.3) is 0 Å². The van der Waals surface area contributed by atoms with Crippen molar-refractivity contribution in [1.29, 1.82) is 0 Å². The van der Waals surface area contributed by atoms with Gasteiger partial charge in [0.05, 0.1) is 0 Å². The van der Waals surface area contributed by atoms with Crippen molar-refractivity contribution in [2.75, 3.05) is 22.9 Å². The molecule has 0 saturated heterocycles. The van der Waals surface area contributed by atoms with Crippen molar-refractivity contribution in [1.82, 2.24) is 10.6 Å². The molecule has 2 aromatic carbocycles. The second-order valence-electron chi connectivity index (χ2n) is 8.41. The van der Waals surface area contributed by atoms with Crippen LogP contribution in [-0.4, -0.2) is 48.8 Å². The molecule has 2 N–H and O–H groups in total. The fraction of sp³-hybridized carbons (Fsp3) is 0.360. The van der Waals surface area contributed by atoms with Crippen molar-refractivity contribution in [2.24, 2.45) is 0 Å². The van der Waals surface area contributed by atoms with Gasteiger partial charge >= 0.3 is 0 Å². The molecule has 0 fully saturated rings. The Labute approximate surface area is 192 Å². The van der Waals surface area contributed by atoms with Crippen LogP contribution in [0.4, 0.5) is 11.4 Å². The SMILES string of the molecule is CC(=O)N1c2ccccc2C[C@H]1C(=O)NCCCNC(=O)[C@@H]1Cc2ccccc2N1C(C)=O. The van der Waals surface area contributed by atoms with Gasteiger partial charge in [-0.2, -0.15) is 0 Å². The van der Waals surface area contributed by atoms with E-state index in [1.807, 2.05) is 48.5 Å². The fourth-order valence-electron chi connectivity index (χ4n) is 4.72. The summed E-state index contributed by atoms with van der Waals surface area (Å²) < 4.78 is 0. The Morgan fingerprint density at radius 2 is 1.12 bits per heavy atom. The van der Waals surface area contributed by atoms with E-state index < -0.39 is 12.1 Å². The number of carbonyl (C=O) groups is 4. The molecule has 2 heterocycles. The Morgan fingerprint density at radius 3 is 1.52 bits per heavy atom. The largest absolute Gasteiger partial charge is 0.354 e. The predicted octanol–water partition coefficient (Wildman–Crippen LogP) is 1.56. The quantitative estimate of drug-likeness (QED) is 0.656. The zero-order valence-corrected chi connectivity index (χ0v) is 18.8. The van der Waals surface area contributed by atoms with Crippen LogP contribution in [0.15, 0.2) is 48.5 Å². The molecule has 2 aromatic rings. The molecule has 2 aliphatic rings. The Morgan fingerprint density at radius 1 is 0.727 bits per heavy atom. The molecular weight excluding hydrogens is 420 g/mol. The summed E-state index contributed by atoms with van der Waals surface area (Å²) in [4.78, 5) is 52.8. The molecule has 0 spiro atoms.